The monoisotopic (exact) mass is 436 g/mol. The van der Waals surface area contributed by atoms with Crippen molar-refractivity contribution in [1.82, 2.24) is 10.2 Å². The van der Waals surface area contributed by atoms with Gasteiger partial charge in [-0.25, -0.2) is 4.79 Å². The van der Waals surface area contributed by atoms with Crippen molar-refractivity contribution in [2.75, 3.05) is 5.32 Å². The van der Waals surface area contributed by atoms with Gasteiger partial charge in [-0.3, -0.25) is 14.5 Å². The molecule has 160 valence electrons. The molecule has 0 bridgehead atoms. The largest absolute Gasteiger partial charge is 0.325 e. The predicted molar refractivity (Wildman–Crippen MR) is 118 cm³/mol. The molecule has 1 aliphatic carbocycles. The molecule has 1 fully saturated rings. The first kappa shape index (κ1) is 21.1. The van der Waals surface area contributed by atoms with Crippen molar-refractivity contribution < 1.29 is 14.4 Å². The number of thiophene rings is 1. The molecule has 0 spiro atoms. The Hall–Kier alpha value is -3.18. The zero-order valence-electron chi connectivity index (χ0n) is 17.3. The van der Waals surface area contributed by atoms with Gasteiger partial charge >= 0.3 is 6.03 Å². The van der Waals surface area contributed by atoms with Crippen LogP contribution in [0.5, 0.6) is 0 Å². The summed E-state index contributed by atoms with van der Waals surface area (Å²) >= 11 is 1.43. The summed E-state index contributed by atoms with van der Waals surface area (Å²) in [5.74, 6) is -0.893. The molecule has 2 heterocycles. The zero-order chi connectivity index (χ0) is 22.0. The van der Waals surface area contributed by atoms with Crippen LogP contribution < -0.4 is 10.6 Å². The van der Waals surface area contributed by atoms with Gasteiger partial charge in [0, 0.05) is 11.3 Å². The minimum absolute atomic E-state index is 0.368. The quantitative estimate of drug-likeness (QED) is 0.554. The van der Waals surface area contributed by atoms with Gasteiger partial charge in [-0.15, -0.1) is 11.3 Å². The predicted octanol–water partition coefficient (Wildman–Crippen LogP) is 3.38. The highest BCUT2D eigenvalue weighted by atomic mass is 32.1. The lowest BCUT2D eigenvalue weighted by Gasteiger charge is -2.20. The summed E-state index contributed by atoms with van der Waals surface area (Å²) in [6.45, 7) is 1.53. The lowest BCUT2D eigenvalue weighted by molar-refractivity contribution is -0.133. The number of carbonyl (C=O) groups excluding carboxylic acids is 3. The van der Waals surface area contributed by atoms with E-state index in [1.165, 1.54) is 18.3 Å². The van der Waals surface area contributed by atoms with E-state index in [0.717, 1.165) is 53.0 Å². The third-order valence-electron chi connectivity index (χ3n) is 5.87. The number of aryl methyl sites for hydroxylation is 1. The lowest BCUT2D eigenvalue weighted by Crippen LogP contribution is -2.46. The third-order valence-corrected chi connectivity index (χ3v) is 7.08. The molecule has 31 heavy (non-hydrogen) atoms. The van der Waals surface area contributed by atoms with Gasteiger partial charge in [-0.2, -0.15) is 5.26 Å². The van der Waals surface area contributed by atoms with E-state index in [0.29, 0.717) is 17.0 Å². The molecule has 1 saturated heterocycles. The van der Waals surface area contributed by atoms with Crippen molar-refractivity contribution in [3.05, 3.63) is 51.9 Å². The highest BCUT2D eigenvalue weighted by Gasteiger charge is 2.43. The zero-order valence-corrected chi connectivity index (χ0v) is 18.1. The number of benzene rings is 1. The summed E-state index contributed by atoms with van der Waals surface area (Å²) in [4.78, 5) is 40.4. The highest BCUT2D eigenvalue weighted by molar-refractivity contribution is 7.16. The van der Waals surface area contributed by atoms with Crippen LogP contribution in [0.15, 0.2) is 30.3 Å². The Kier molecular flexibility index (Phi) is 6.05. The van der Waals surface area contributed by atoms with Crippen LogP contribution in [-0.4, -0.2) is 34.8 Å². The summed E-state index contributed by atoms with van der Waals surface area (Å²) in [7, 11) is 0. The number of urea groups is 1. The van der Waals surface area contributed by atoms with Crippen LogP contribution in [0, 0.1) is 11.3 Å². The number of anilines is 1. The van der Waals surface area contributed by atoms with Crippen molar-refractivity contribution in [3.8, 4) is 6.07 Å². The maximum atomic E-state index is 12.9. The maximum Gasteiger partial charge on any atom is 0.325 e. The van der Waals surface area contributed by atoms with E-state index in [-0.39, 0.29) is 0 Å². The minimum atomic E-state index is -0.985. The number of hydrogen-bond donors (Lipinski definition) is 2. The van der Waals surface area contributed by atoms with Crippen molar-refractivity contribution >= 4 is 34.2 Å². The Morgan fingerprint density at radius 1 is 1.26 bits per heavy atom. The summed E-state index contributed by atoms with van der Waals surface area (Å²) in [6, 6.07) is 9.40. The fourth-order valence-corrected chi connectivity index (χ4v) is 5.43. The maximum absolute atomic E-state index is 12.9. The van der Waals surface area contributed by atoms with E-state index < -0.39 is 29.9 Å². The number of carbonyl (C=O) groups is 3. The normalized spacial score (nSPS) is 19.2. The molecule has 2 aliphatic rings. The average molecular weight is 437 g/mol. The Morgan fingerprint density at radius 3 is 2.74 bits per heavy atom. The van der Waals surface area contributed by atoms with E-state index in [9.17, 15) is 19.6 Å². The molecule has 4 amide bonds. The van der Waals surface area contributed by atoms with Crippen LogP contribution in [0.2, 0.25) is 0 Å². The van der Waals surface area contributed by atoms with Gasteiger partial charge < -0.3 is 10.6 Å². The van der Waals surface area contributed by atoms with E-state index >= 15 is 0 Å². The Morgan fingerprint density at radius 2 is 2.00 bits per heavy atom. The number of imide groups is 1. The highest BCUT2D eigenvalue weighted by Crippen LogP contribution is 2.37. The summed E-state index contributed by atoms with van der Waals surface area (Å²) in [5, 5.41) is 15.7. The molecule has 2 atom stereocenters. The van der Waals surface area contributed by atoms with Crippen LogP contribution in [0.1, 0.15) is 47.8 Å². The topological polar surface area (TPSA) is 102 Å². The molecular weight excluding hydrogens is 412 g/mol. The first-order chi connectivity index (χ1) is 15.0. The molecule has 2 aromatic rings. The molecule has 2 N–H and O–H groups in total. The SMILES string of the molecule is C[C@@H](C(=O)Nc1sc2c(c1C#N)CCCCC2)N1C(=O)N[C@H](Cc2ccccc2)C1=O. The molecule has 1 aromatic heterocycles. The number of nitriles is 1. The first-order valence-corrected chi connectivity index (χ1v) is 11.3. The fraction of sp³-hybridized carbons (Fsp3) is 0.391. The first-order valence-electron chi connectivity index (χ1n) is 10.5. The van der Waals surface area contributed by atoms with Crippen LogP contribution >= 0.6 is 11.3 Å². The van der Waals surface area contributed by atoms with Crippen LogP contribution in [0.3, 0.4) is 0 Å². The van der Waals surface area contributed by atoms with E-state index in [4.69, 9.17) is 0 Å². The number of fused-ring (bicyclic) bond motifs is 1. The van der Waals surface area contributed by atoms with Gasteiger partial charge in [-0.05, 0) is 43.7 Å². The second-order valence-corrected chi connectivity index (χ2v) is 9.05. The minimum Gasteiger partial charge on any atom is -0.325 e. The summed E-state index contributed by atoms with van der Waals surface area (Å²) in [5.41, 5.74) is 2.48. The van der Waals surface area contributed by atoms with E-state index in [1.54, 1.807) is 0 Å². The Bertz CT molecular complexity index is 1060. The van der Waals surface area contributed by atoms with Gasteiger partial charge in [0.25, 0.3) is 5.91 Å². The van der Waals surface area contributed by atoms with Crippen molar-refractivity contribution in [3.63, 3.8) is 0 Å². The lowest BCUT2D eigenvalue weighted by atomic mass is 10.1. The van der Waals surface area contributed by atoms with Crippen LogP contribution in [0.25, 0.3) is 0 Å². The fourth-order valence-electron chi connectivity index (χ4n) is 4.19. The van der Waals surface area contributed by atoms with Crippen LogP contribution in [-0.2, 0) is 28.9 Å². The molecule has 0 radical (unpaired) electrons. The third kappa shape index (κ3) is 4.19. The molecule has 1 aromatic carbocycles. The number of rotatable bonds is 5. The second kappa shape index (κ2) is 8.90. The van der Waals surface area contributed by atoms with E-state index in [1.807, 2.05) is 30.3 Å². The molecule has 1 aliphatic heterocycles. The molecule has 0 unspecified atom stereocenters. The number of hydrogen-bond acceptors (Lipinski definition) is 5. The van der Waals surface area contributed by atoms with Gasteiger partial charge in [0.1, 0.15) is 23.2 Å². The summed E-state index contributed by atoms with van der Waals surface area (Å²) < 4.78 is 0. The van der Waals surface area contributed by atoms with Crippen LogP contribution in [0.4, 0.5) is 9.80 Å². The Labute approximate surface area is 185 Å². The standard InChI is InChI=1S/C23H24N4O3S/c1-14(27-22(29)18(25-23(27)30)12-15-8-4-2-5-9-15)20(28)26-21-17(13-24)16-10-6-3-7-11-19(16)31-21/h2,4-5,8-9,14,18H,3,6-7,10-12H2,1H3,(H,25,30)(H,26,28)/t14-,18+/m0/s1. The molecule has 7 nitrogen and oxygen atoms in total. The average Bonchev–Trinajstić information content (AvgIpc) is 3.11. The smallest absolute Gasteiger partial charge is 0.325 e. The summed E-state index contributed by atoms with van der Waals surface area (Å²) in [6.07, 6.45) is 5.37. The van der Waals surface area contributed by atoms with Gasteiger partial charge in [0.05, 0.1) is 5.56 Å². The molecule has 4 rings (SSSR count). The van der Waals surface area contributed by atoms with Gasteiger partial charge in [-0.1, -0.05) is 36.8 Å². The number of amides is 4. The van der Waals surface area contributed by atoms with E-state index in [2.05, 4.69) is 16.7 Å². The van der Waals surface area contributed by atoms with Crippen molar-refractivity contribution in [1.29, 1.82) is 5.26 Å². The number of nitrogens with zero attached hydrogens (tertiary/aromatic N) is 2. The number of nitrogens with one attached hydrogen (secondary N) is 2. The van der Waals surface area contributed by atoms with Crippen molar-refractivity contribution in [2.24, 2.45) is 0 Å². The Balaban J connectivity index is 1.48. The molecule has 0 saturated carbocycles. The van der Waals surface area contributed by atoms with Crippen molar-refractivity contribution in [2.45, 2.75) is 57.5 Å². The van der Waals surface area contributed by atoms with Gasteiger partial charge in [0.2, 0.25) is 5.91 Å². The van der Waals surface area contributed by atoms with Gasteiger partial charge in [0.15, 0.2) is 0 Å². The molecular formula is C23H24N4O3S. The second-order valence-electron chi connectivity index (χ2n) is 7.95. The molecule has 8 heteroatoms.